The third kappa shape index (κ3) is 6.12. The molecule has 0 radical (unpaired) electrons. The van der Waals surface area contributed by atoms with Crippen LogP contribution in [0.15, 0.2) is 18.2 Å². The lowest BCUT2D eigenvalue weighted by atomic mass is 10.1. The van der Waals surface area contributed by atoms with Gasteiger partial charge in [0, 0.05) is 18.2 Å². The summed E-state index contributed by atoms with van der Waals surface area (Å²) in [4.78, 5) is 10.8. The van der Waals surface area contributed by atoms with E-state index in [1.807, 2.05) is 6.07 Å². The summed E-state index contributed by atoms with van der Waals surface area (Å²) in [6.45, 7) is 11.4. The fraction of sp³-hybridized carbons (Fsp3) is 0.625. The van der Waals surface area contributed by atoms with Crippen LogP contribution < -0.4 is 10.1 Å². The number of nitrogens with one attached hydrogen (secondary N) is 1. The molecule has 0 aliphatic carbocycles. The maximum atomic E-state index is 11.2. The summed E-state index contributed by atoms with van der Waals surface area (Å²) in [6.07, 6.45) is 0.987. The second-order valence-corrected chi connectivity index (χ2v) is 6.49. The highest BCUT2D eigenvalue weighted by molar-refractivity contribution is 5.48. The van der Waals surface area contributed by atoms with E-state index in [2.05, 4.69) is 39.9 Å². The number of nitro groups is 1. The SMILES string of the molecule is CCC(C)COc1ccc(CNC(C)(C)C)cc1[N+](=O)[O-]. The average molecular weight is 294 g/mol. The van der Waals surface area contributed by atoms with Crippen LogP contribution in [-0.4, -0.2) is 17.1 Å². The Bertz CT molecular complexity index is 481. The number of hydrogen-bond acceptors (Lipinski definition) is 4. The Morgan fingerprint density at radius 3 is 2.57 bits per heavy atom. The summed E-state index contributed by atoms with van der Waals surface area (Å²) in [6, 6.07) is 5.16. The van der Waals surface area contributed by atoms with Gasteiger partial charge in [-0.2, -0.15) is 0 Å². The van der Waals surface area contributed by atoms with E-state index in [0.29, 0.717) is 24.8 Å². The van der Waals surface area contributed by atoms with Crippen LogP contribution in [0.5, 0.6) is 5.75 Å². The minimum atomic E-state index is -0.382. The van der Waals surface area contributed by atoms with Crippen molar-refractivity contribution in [2.45, 2.75) is 53.1 Å². The van der Waals surface area contributed by atoms with Crippen LogP contribution in [0.2, 0.25) is 0 Å². The van der Waals surface area contributed by atoms with Crippen molar-refractivity contribution in [1.29, 1.82) is 0 Å². The summed E-state index contributed by atoms with van der Waals surface area (Å²) in [5, 5.41) is 14.5. The van der Waals surface area contributed by atoms with Gasteiger partial charge in [-0.25, -0.2) is 0 Å². The molecular formula is C16H26N2O3. The van der Waals surface area contributed by atoms with Gasteiger partial charge >= 0.3 is 5.69 Å². The zero-order valence-corrected chi connectivity index (χ0v) is 13.6. The van der Waals surface area contributed by atoms with Crippen LogP contribution in [0, 0.1) is 16.0 Å². The molecule has 1 atom stereocenters. The first-order chi connectivity index (χ1) is 9.73. The van der Waals surface area contributed by atoms with Gasteiger partial charge in [-0.1, -0.05) is 26.3 Å². The first-order valence-corrected chi connectivity index (χ1v) is 7.38. The first kappa shape index (κ1) is 17.4. The maximum absolute atomic E-state index is 11.2. The van der Waals surface area contributed by atoms with Crippen molar-refractivity contribution in [2.24, 2.45) is 5.92 Å². The van der Waals surface area contributed by atoms with E-state index in [0.717, 1.165) is 12.0 Å². The van der Waals surface area contributed by atoms with Gasteiger partial charge < -0.3 is 10.1 Å². The Morgan fingerprint density at radius 1 is 1.38 bits per heavy atom. The van der Waals surface area contributed by atoms with Crippen molar-refractivity contribution in [3.63, 3.8) is 0 Å². The van der Waals surface area contributed by atoms with Crippen LogP contribution in [0.4, 0.5) is 5.69 Å². The smallest absolute Gasteiger partial charge is 0.311 e. The summed E-state index contributed by atoms with van der Waals surface area (Å²) in [5.41, 5.74) is 0.888. The molecule has 118 valence electrons. The second-order valence-electron chi connectivity index (χ2n) is 6.49. The van der Waals surface area contributed by atoms with Crippen molar-refractivity contribution in [3.8, 4) is 5.75 Å². The Morgan fingerprint density at radius 2 is 2.05 bits per heavy atom. The normalized spacial score (nSPS) is 13.0. The topological polar surface area (TPSA) is 64.4 Å². The zero-order valence-electron chi connectivity index (χ0n) is 13.6. The quantitative estimate of drug-likeness (QED) is 0.611. The lowest BCUT2D eigenvalue weighted by Gasteiger charge is -2.20. The maximum Gasteiger partial charge on any atom is 0.311 e. The van der Waals surface area contributed by atoms with E-state index >= 15 is 0 Å². The molecule has 0 spiro atoms. The molecule has 0 saturated carbocycles. The predicted octanol–water partition coefficient (Wildman–Crippen LogP) is 3.91. The lowest BCUT2D eigenvalue weighted by Crippen LogP contribution is -2.35. The first-order valence-electron chi connectivity index (χ1n) is 7.38. The van der Waals surface area contributed by atoms with Crippen molar-refractivity contribution >= 4 is 5.69 Å². The van der Waals surface area contributed by atoms with E-state index in [4.69, 9.17) is 4.74 Å². The van der Waals surface area contributed by atoms with Crippen molar-refractivity contribution < 1.29 is 9.66 Å². The van der Waals surface area contributed by atoms with Crippen LogP contribution in [0.3, 0.4) is 0 Å². The van der Waals surface area contributed by atoms with Gasteiger partial charge in [0.2, 0.25) is 0 Å². The fourth-order valence-electron chi connectivity index (χ4n) is 1.65. The highest BCUT2D eigenvalue weighted by atomic mass is 16.6. The monoisotopic (exact) mass is 294 g/mol. The summed E-state index contributed by atoms with van der Waals surface area (Å²) in [5.74, 6) is 0.728. The standard InChI is InChI=1S/C16H26N2O3/c1-6-12(2)11-21-15-8-7-13(9-14(15)18(19)20)10-17-16(3,4)5/h7-9,12,17H,6,10-11H2,1-5H3. The van der Waals surface area contributed by atoms with Crippen LogP contribution in [0.25, 0.3) is 0 Å². The van der Waals surface area contributed by atoms with Crippen LogP contribution in [0.1, 0.15) is 46.6 Å². The zero-order chi connectivity index (χ0) is 16.0. The summed E-state index contributed by atoms with van der Waals surface area (Å²) in [7, 11) is 0. The minimum absolute atomic E-state index is 0.0273. The fourth-order valence-corrected chi connectivity index (χ4v) is 1.65. The van der Waals surface area contributed by atoms with Crippen LogP contribution >= 0.6 is 0 Å². The molecule has 0 bridgehead atoms. The second kappa shape index (κ2) is 7.41. The largest absolute Gasteiger partial charge is 0.487 e. The Balaban J connectivity index is 2.84. The number of benzene rings is 1. The molecule has 0 heterocycles. The molecule has 0 amide bonds. The molecule has 5 heteroatoms. The van der Waals surface area contributed by atoms with Gasteiger partial charge in [0.05, 0.1) is 11.5 Å². The van der Waals surface area contributed by atoms with Gasteiger partial charge in [0.25, 0.3) is 0 Å². The predicted molar refractivity (Wildman–Crippen MR) is 84.6 cm³/mol. The minimum Gasteiger partial charge on any atom is -0.487 e. The molecule has 0 aliphatic heterocycles. The molecule has 1 aromatic rings. The number of hydrogen-bond donors (Lipinski definition) is 1. The van der Waals surface area contributed by atoms with Crippen molar-refractivity contribution in [2.75, 3.05) is 6.61 Å². The van der Waals surface area contributed by atoms with Crippen molar-refractivity contribution in [3.05, 3.63) is 33.9 Å². The van der Waals surface area contributed by atoms with E-state index < -0.39 is 0 Å². The molecule has 1 aromatic carbocycles. The lowest BCUT2D eigenvalue weighted by molar-refractivity contribution is -0.386. The Kier molecular flexibility index (Phi) is 6.15. The molecule has 21 heavy (non-hydrogen) atoms. The summed E-state index contributed by atoms with van der Waals surface area (Å²) < 4.78 is 5.59. The van der Waals surface area contributed by atoms with E-state index in [1.165, 1.54) is 0 Å². The molecule has 1 unspecified atom stereocenters. The van der Waals surface area contributed by atoms with E-state index in [-0.39, 0.29) is 16.1 Å². The van der Waals surface area contributed by atoms with E-state index in [9.17, 15) is 10.1 Å². The van der Waals surface area contributed by atoms with Crippen molar-refractivity contribution in [1.82, 2.24) is 5.32 Å². The van der Waals surface area contributed by atoms with Gasteiger partial charge in [0.1, 0.15) is 0 Å². The molecule has 1 rings (SSSR count). The molecule has 5 nitrogen and oxygen atoms in total. The highest BCUT2D eigenvalue weighted by Gasteiger charge is 2.17. The number of nitro benzene ring substituents is 1. The highest BCUT2D eigenvalue weighted by Crippen LogP contribution is 2.28. The molecular weight excluding hydrogens is 268 g/mol. The van der Waals surface area contributed by atoms with Gasteiger partial charge in [-0.15, -0.1) is 0 Å². The molecule has 1 N–H and O–H groups in total. The Labute approximate surface area is 126 Å². The third-order valence-corrected chi connectivity index (χ3v) is 3.26. The third-order valence-electron chi connectivity index (χ3n) is 3.26. The van der Waals surface area contributed by atoms with Gasteiger partial charge in [-0.3, -0.25) is 10.1 Å². The average Bonchev–Trinajstić information content (AvgIpc) is 2.41. The molecule has 0 aromatic heterocycles. The van der Waals surface area contributed by atoms with Gasteiger partial charge in [0.15, 0.2) is 5.75 Å². The molecule has 0 aliphatic rings. The number of ether oxygens (including phenoxy) is 1. The van der Waals surface area contributed by atoms with Gasteiger partial charge in [-0.05, 0) is 38.3 Å². The number of rotatable bonds is 7. The van der Waals surface area contributed by atoms with E-state index in [1.54, 1.807) is 12.1 Å². The number of nitrogens with zero attached hydrogens (tertiary/aromatic N) is 1. The Hall–Kier alpha value is -1.62. The molecule has 0 fully saturated rings. The molecule has 0 saturated heterocycles. The van der Waals surface area contributed by atoms with Crippen LogP contribution in [-0.2, 0) is 6.54 Å². The summed E-state index contributed by atoms with van der Waals surface area (Å²) >= 11 is 0.